The van der Waals surface area contributed by atoms with Gasteiger partial charge in [0.15, 0.2) is 0 Å². The minimum absolute atomic E-state index is 0.126. The molecule has 0 unspecified atom stereocenters. The van der Waals surface area contributed by atoms with E-state index < -0.39 is 5.91 Å². The molecule has 6 nitrogen and oxygen atoms in total. The van der Waals surface area contributed by atoms with E-state index in [2.05, 4.69) is 10.3 Å². The summed E-state index contributed by atoms with van der Waals surface area (Å²) in [4.78, 5) is 25.4. The average Bonchev–Trinajstić information content (AvgIpc) is 2.71. The van der Waals surface area contributed by atoms with Gasteiger partial charge in [0.1, 0.15) is 0 Å². The molecule has 6 N–H and O–H groups in total. The molecule has 1 heterocycles. The van der Waals surface area contributed by atoms with Crippen molar-refractivity contribution in [1.29, 1.82) is 0 Å². The third-order valence-electron chi connectivity index (χ3n) is 2.61. The predicted octanol–water partition coefficient (Wildman–Crippen LogP) is 0.355. The van der Waals surface area contributed by atoms with Crippen molar-refractivity contribution < 1.29 is 9.59 Å². The molecular formula is C12H14N4O2. The first-order valence-electron chi connectivity index (χ1n) is 5.51. The number of anilines is 1. The van der Waals surface area contributed by atoms with Gasteiger partial charge in [0.25, 0.3) is 5.91 Å². The Hall–Kier alpha value is -2.50. The molecule has 0 aliphatic heterocycles. The van der Waals surface area contributed by atoms with Crippen LogP contribution in [0.5, 0.6) is 0 Å². The Bertz CT molecular complexity index is 603. The van der Waals surface area contributed by atoms with Crippen molar-refractivity contribution in [2.24, 2.45) is 5.73 Å². The number of nitrogen functional groups attached to an aromatic ring is 1. The Labute approximate surface area is 103 Å². The van der Waals surface area contributed by atoms with Crippen molar-refractivity contribution in [3.63, 3.8) is 0 Å². The van der Waals surface area contributed by atoms with Crippen LogP contribution in [0.4, 0.5) is 5.69 Å². The zero-order valence-corrected chi connectivity index (χ0v) is 9.69. The lowest BCUT2D eigenvalue weighted by Gasteiger charge is -2.02. The number of primary amides is 1. The van der Waals surface area contributed by atoms with Gasteiger partial charge >= 0.3 is 0 Å². The van der Waals surface area contributed by atoms with E-state index in [-0.39, 0.29) is 18.9 Å². The van der Waals surface area contributed by atoms with Gasteiger partial charge in [-0.3, -0.25) is 9.59 Å². The summed E-state index contributed by atoms with van der Waals surface area (Å²) in [6, 6.07) is 5.27. The first-order valence-corrected chi connectivity index (χ1v) is 5.51. The molecule has 18 heavy (non-hydrogen) atoms. The van der Waals surface area contributed by atoms with Crippen LogP contribution in [0.25, 0.3) is 10.9 Å². The lowest BCUT2D eigenvalue weighted by Crippen LogP contribution is -2.27. The van der Waals surface area contributed by atoms with Crippen molar-refractivity contribution >= 4 is 28.4 Å². The van der Waals surface area contributed by atoms with Crippen LogP contribution in [0.1, 0.15) is 16.8 Å². The first kappa shape index (κ1) is 12.0. The predicted molar refractivity (Wildman–Crippen MR) is 68.9 cm³/mol. The zero-order valence-electron chi connectivity index (χ0n) is 9.69. The zero-order chi connectivity index (χ0) is 13.1. The van der Waals surface area contributed by atoms with Crippen LogP contribution in [0.15, 0.2) is 24.4 Å². The second-order valence-electron chi connectivity index (χ2n) is 3.98. The van der Waals surface area contributed by atoms with Crippen molar-refractivity contribution in [1.82, 2.24) is 10.3 Å². The van der Waals surface area contributed by atoms with Gasteiger partial charge in [-0.2, -0.15) is 0 Å². The summed E-state index contributed by atoms with van der Waals surface area (Å²) < 4.78 is 0. The van der Waals surface area contributed by atoms with Crippen LogP contribution < -0.4 is 16.8 Å². The van der Waals surface area contributed by atoms with Crippen LogP contribution in [-0.4, -0.2) is 23.3 Å². The topological polar surface area (TPSA) is 114 Å². The SMILES string of the molecule is NC(=O)CCNC(=O)c1c[nH]c2cc(N)ccc12. The number of hydrogen-bond acceptors (Lipinski definition) is 3. The Balaban J connectivity index is 2.15. The number of benzene rings is 1. The van der Waals surface area contributed by atoms with E-state index in [1.54, 1.807) is 24.4 Å². The molecule has 2 aromatic rings. The summed E-state index contributed by atoms with van der Waals surface area (Å²) in [5, 5.41) is 3.42. The number of rotatable bonds is 4. The van der Waals surface area contributed by atoms with Gasteiger partial charge in [0, 0.05) is 35.8 Å². The molecular weight excluding hydrogens is 232 g/mol. The van der Waals surface area contributed by atoms with Crippen LogP contribution in [0.3, 0.4) is 0 Å². The Morgan fingerprint density at radius 1 is 1.33 bits per heavy atom. The van der Waals surface area contributed by atoms with Crippen LogP contribution in [0, 0.1) is 0 Å². The highest BCUT2D eigenvalue weighted by molar-refractivity contribution is 6.07. The second kappa shape index (κ2) is 4.79. The number of nitrogens with one attached hydrogen (secondary N) is 2. The smallest absolute Gasteiger partial charge is 0.253 e. The Kier molecular flexibility index (Phi) is 3.18. The number of aromatic nitrogens is 1. The third kappa shape index (κ3) is 2.42. The molecule has 0 spiro atoms. The quantitative estimate of drug-likeness (QED) is 0.584. The lowest BCUT2D eigenvalue weighted by molar-refractivity contribution is -0.117. The summed E-state index contributed by atoms with van der Waals surface area (Å²) >= 11 is 0. The highest BCUT2D eigenvalue weighted by Crippen LogP contribution is 2.20. The third-order valence-corrected chi connectivity index (χ3v) is 2.61. The number of hydrogen-bond donors (Lipinski definition) is 4. The van der Waals surface area contributed by atoms with Gasteiger partial charge in [-0.05, 0) is 18.2 Å². The summed E-state index contributed by atoms with van der Waals surface area (Å²) in [6.45, 7) is 0.232. The standard InChI is InChI=1S/C12H14N4O2/c13-7-1-2-8-9(6-16-10(8)5-7)12(18)15-4-3-11(14)17/h1-2,5-6,16H,3-4,13H2,(H2,14,17)(H,15,18). The molecule has 0 atom stereocenters. The monoisotopic (exact) mass is 246 g/mol. The number of fused-ring (bicyclic) bond motifs is 1. The first-order chi connectivity index (χ1) is 8.58. The van der Waals surface area contributed by atoms with Crippen LogP contribution >= 0.6 is 0 Å². The fraction of sp³-hybridized carbons (Fsp3) is 0.167. The lowest BCUT2D eigenvalue weighted by atomic mass is 10.1. The maximum absolute atomic E-state index is 11.9. The Morgan fingerprint density at radius 3 is 2.83 bits per heavy atom. The number of amides is 2. The van der Waals surface area contributed by atoms with E-state index >= 15 is 0 Å². The molecule has 1 aromatic carbocycles. The molecule has 0 saturated heterocycles. The average molecular weight is 246 g/mol. The molecule has 0 radical (unpaired) electrons. The molecule has 0 aliphatic carbocycles. The van der Waals surface area contributed by atoms with E-state index in [9.17, 15) is 9.59 Å². The highest BCUT2D eigenvalue weighted by atomic mass is 16.2. The maximum Gasteiger partial charge on any atom is 0.253 e. The summed E-state index contributed by atoms with van der Waals surface area (Å²) in [6.07, 6.45) is 1.74. The van der Waals surface area contributed by atoms with E-state index in [0.717, 1.165) is 10.9 Å². The molecule has 94 valence electrons. The fourth-order valence-electron chi connectivity index (χ4n) is 1.73. The van der Waals surface area contributed by atoms with Crippen molar-refractivity contribution in [2.75, 3.05) is 12.3 Å². The van der Waals surface area contributed by atoms with Crippen LogP contribution in [-0.2, 0) is 4.79 Å². The highest BCUT2D eigenvalue weighted by Gasteiger charge is 2.11. The molecule has 2 rings (SSSR count). The summed E-state index contributed by atoms with van der Waals surface area (Å²) in [7, 11) is 0. The number of nitrogens with two attached hydrogens (primary N) is 2. The summed E-state index contributed by atoms with van der Waals surface area (Å²) in [5.41, 5.74) is 12.6. The van der Waals surface area contributed by atoms with Crippen molar-refractivity contribution in [3.8, 4) is 0 Å². The van der Waals surface area contributed by atoms with Gasteiger partial charge in [-0.15, -0.1) is 0 Å². The minimum atomic E-state index is -0.443. The van der Waals surface area contributed by atoms with E-state index in [1.165, 1.54) is 0 Å². The maximum atomic E-state index is 11.9. The number of aromatic amines is 1. The van der Waals surface area contributed by atoms with Crippen molar-refractivity contribution in [3.05, 3.63) is 30.0 Å². The normalized spacial score (nSPS) is 10.4. The van der Waals surface area contributed by atoms with E-state index in [4.69, 9.17) is 11.5 Å². The van der Waals surface area contributed by atoms with Gasteiger partial charge in [-0.25, -0.2) is 0 Å². The van der Waals surface area contributed by atoms with Gasteiger partial charge in [-0.1, -0.05) is 0 Å². The van der Waals surface area contributed by atoms with Crippen LogP contribution in [0.2, 0.25) is 0 Å². The molecule has 0 bridgehead atoms. The minimum Gasteiger partial charge on any atom is -0.399 e. The fourth-order valence-corrected chi connectivity index (χ4v) is 1.73. The molecule has 1 aromatic heterocycles. The number of carbonyl (C=O) groups is 2. The number of carbonyl (C=O) groups excluding carboxylic acids is 2. The molecule has 2 amide bonds. The summed E-state index contributed by atoms with van der Waals surface area (Å²) in [5.74, 6) is -0.686. The van der Waals surface area contributed by atoms with Crippen molar-refractivity contribution in [2.45, 2.75) is 6.42 Å². The molecule has 0 fully saturated rings. The molecule has 0 saturated carbocycles. The number of H-pyrrole nitrogens is 1. The molecule has 6 heteroatoms. The van der Waals surface area contributed by atoms with E-state index in [0.29, 0.717) is 11.3 Å². The van der Waals surface area contributed by atoms with Gasteiger partial charge in [0.2, 0.25) is 5.91 Å². The second-order valence-corrected chi connectivity index (χ2v) is 3.98. The van der Waals surface area contributed by atoms with Gasteiger partial charge < -0.3 is 21.8 Å². The van der Waals surface area contributed by atoms with Gasteiger partial charge in [0.05, 0.1) is 5.56 Å². The van der Waals surface area contributed by atoms with E-state index in [1.807, 2.05) is 0 Å². The largest absolute Gasteiger partial charge is 0.399 e. The Morgan fingerprint density at radius 2 is 2.11 bits per heavy atom. The molecule has 0 aliphatic rings.